The van der Waals surface area contributed by atoms with Crippen molar-refractivity contribution in [3.8, 4) is 0 Å². The van der Waals surface area contributed by atoms with E-state index < -0.39 is 17.9 Å². The van der Waals surface area contributed by atoms with E-state index in [4.69, 9.17) is 15.0 Å². The van der Waals surface area contributed by atoms with Crippen LogP contribution in [0.25, 0.3) is 0 Å². The average Bonchev–Trinajstić information content (AvgIpc) is 2.90. The molecule has 0 fully saturated rings. The summed E-state index contributed by atoms with van der Waals surface area (Å²) in [6.07, 6.45) is 5.44. The number of carbonyl (C=O) groups is 3. The highest BCUT2D eigenvalue weighted by molar-refractivity contribution is 5.84. The van der Waals surface area contributed by atoms with Gasteiger partial charge in [-0.1, -0.05) is 6.08 Å². The molecule has 0 atom stereocenters. The number of aliphatic carboxylic acids is 2. The summed E-state index contributed by atoms with van der Waals surface area (Å²) in [5.74, 6) is -1.76. The van der Waals surface area contributed by atoms with Gasteiger partial charge in [-0.3, -0.25) is 9.59 Å². The highest BCUT2D eigenvalue weighted by Gasteiger charge is 2.06. The van der Waals surface area contributed by atoms with Crippen molar-refractivity contribution in [3.63, 3.8) is 0 Å². The number of ether oxygens (including phenoxy) is 1. The van der Waals surface area contributed by atoms with Gasteiger partial charge in [0.05, 0.1) is 6.61 Å². The van der Waals surface area contributed by atoms with Crippen molar-refractivity contribution < 1.29 is 29.3 Å². The molecule has 1 aromatic rings. The van der Waals surface area contributed by atoms with Crippen molar-refractivity contribution in [2.75, 3.05) is 6.61 Å². The molecule has 3 N–H and O–H groups in total. The first-order chi connectivity index (χ1) is 9.84. The fourth-order valence-electron chi connectivity index (χ4n) is 0.802. The topological polar surface area (TPSA) is 130 Å². The van der Waals surface area contributed by atoms with E-state index in [1.54, 1.807) is 19.2 Å². The van der Waals surface area contributed by atoms with Crippen LogP contribution in [-0.4, -0.2) is 44.7 Å². The number of carboxylic acid groups (broad SMARTS) is 2. The Morgan fingerprint density at radius 3 is 2.29 bits per heavy atom. The third kappa shape index (κ3) is 17.4. The molecule has 0 aromatic carbocycles. The Morgan fingerprint density at radius 1 is 1.43 bits per heavy atom. The molecule has 0 aliphatic rings. The number of aromatic amines is 1. The summed E-state index contributed by atoms with van der Waals surface area (Å²) >= 11 is 0. The summed E-state index contributed by atoms with van der Waals surface area (Å²) in [4.78, 5) is 35.8. The van der Waals surface area contributed by atoms with E-state index in [1.165, 1.54) is 6.20 Å². The van der Waals surface area contributed by atoms with Crippen molar-refractivity contribution in [1.82, 2.24) is 9.97 Å². The number of carbonyl (C=O) groups excluding carboxylic acids is 1. The lowest BCUT2D eigenvalue weighted by Gasteiger charge is -1.95. The maximum absolute atomic E-state index is 10.8. The number of rotatable bonds is 5. The Labute approximate surface area is 122 Å². The van der Waals surface area contributed by atoms with Crippen LogP contribution in [0.2, 0.25) is 0 Å². The first-order valence-electron chi connectivity index (χ1n) is 6.03. The second kappa shape index (κ2) is 13.8. The van der Waals surface area contributed by atoms with Gasteiger partial charge < -0.3 is 19.9 Å². The zero-order valence-electron chi connectivity index (χ0n) is 12.0. The quantitative estimate of drug-likeness (QED) is 0.557. The van der Waals surface area contributed by atoms with Crippen molar-refractivity contribution in [2.45, 2.75) is 26.7 Å². The molecule has 0 unspecified atom stereocenters. The molecular formula is C13H20N2O6. The van der Waals surface area contributed by atoms with Crippen molar-refractivity contribution >= 4 is 17.9 Å². The molecule has 8 heteroatoms. The van der Waals surface area contributed by atoms with Gasteiger partial charge in [0.15, 0.2) is 0 Å². The average molecular weight is 300 g/mol. The zero-order valence-corrected chi connectivity index (χ0v) is 12.0. The lowest BCUT2D eigenvalue weighted by Crippen LogP contribution is -2.06. The van der Waals surface area contributed by atoms with Crippen LogP contribution in [0.1, 0.15) is 37.3 Å². The highest BCUT2D eigenvalue weighted by atomic mass is 16.5. The molecule has 21 heavy (non-hydrogen) atoms. The molecule has 0 saturated carbocycles. The molecule has 0 spiro atoms. The van der Waals surface area contributed by atoms with Crippen LogP contribution < -0.4 is 0 Å². The molecular weight excluding hydrogens is 280 g/mol. The van der Waals surface area contributed by atoms with Gasteiger partial charge in [-0.25, -0.2) is 9.78 Å². The van der Waals surface area contributed by atoms with Crippen LogP contribution in [0, 0.1) is 0 Å². The monoisotopic (exact) mass is 300 g/mol. The van der Waals surface area contributed by atoms with Crippen LogP contribution in [0.4, 0.5) is 0 Å². The van der Waals surface area contributed by atoms with Crippen molar-refractivity contribution in [1.29, 1.82) is 0 Å². The van der Waals surface area contributed by atoms with Gasteiger partial charge in [0, 0.05) is 25.7 Å². The van der Waals surface area contributed by atoms with E-state index in [0.717, 1.165) is 6.92 Å². The van der Waals surface area contributed by atoms with E-state index in [0.29, 0.717) is 13.0 Å². The fourth-order valence-corrected chi connectivity index (χ4v) is 0.802. The minimum absolute atomic E-state index is 0.198. The van der Waals surface area contributed by atoms with Gasteiger partial charge in [-0.05, 0) is 13.3 Å². The number of esters is 1. The molecule has 0 bridgehead atoms. The summed E-state index contributed by atoms with van der Waals surface area (Å²) < 4.78 is 4.65. The maximum atomic E-state index is 10.8. The second-order valence-electron chi connectivity index (χ2n) is 3.40. The molecule has 0 radical (unpaired) electrons. The van der Waals surface area contributed by atoms with E-state index in [1.807, 2.05) is 0 Å². The lowest BCUT2D eigenvalue weighted by molar-refractivity contribution is -0.137. The molecule has 0 amide bonds. The van der Waals surface area contributed by atoms with E-state index in [-0.39, 0.29) is 12.2 Å². The smallest absolute Gasteiger partial charge is 0.374 e. The standard InChI is InChI=1S/C6H8N2O2.C5H8O2.C2H4O2/c1-2-10-6(9)5-7-3-4-8-5;1-2-3-4-5(6)7;1-2(3)4/h3-4H,2H2,1H3,(H,7,8);2H,1,3-4H2,(H,6,7);1H3,(H,3,4). The van der Waals surface area contributed by atoms with Crippen molar-refractivity contribution in [3.05, 3.63) is 30.9 Å². The molecule has 1 aromatic heterocycles. The number of H-pyrrole nitrogens is 1. The maximum Gasteiger partial charge on any atom is 0.374 e. The molecule has 1 heterocycles. The molecule has 0 aliphatic carbocycles. The summed E-state index contributed by atoms with van der Waals surface area (Å²) in [7, 11) is 0. The second-order valence-corrected chi connectivity index (χ2v) is 3.40. The van der Waals surface area contributed by atoms with Gasteiger partial charge in [-0.2, -0.15) is 0 Å². The first kappa shape index (κ1) is 20.7. The molecule has 118 valence electrons. The van der Waals surface area contributed by atoms with Crippen LogP contribution in [0.15, 0.2) is 25.0 Å². The number of allylic oxidation sites excluding steroid dienone is 1. The van der Waals surface area contributed by atoms with Crippen LogP contribution in [0.5, 0.6) is 0 Å². The van der Waals surface area contributed by atoms with E-state index >= 15 is 0 Å². The van der Waals surface area contributed by atoms with Gasteiger partial charge >= 0.3 is 11.9 Å². The number of nitrogens with zero attached hydrogens (tertiary/aromatic N) is 1. The number of imidazole rings is 1. The number of hydrogen-bond donors (Lipinski definition) is 3. The molecule has 0 saturated heterocycles. The minimum atomic E-state index is -0.833. The summed E-state index contributed by atoms with van der Waals surface area (Å²) in [6, 6.07) is 0. The molecule has 1 rings (SSSR count). The third-order valence-corrected chi connectivity index (χ3v) is 1.53. The Balaban J connectivity index is 0. The van der Waals surface area contributed by atoms with E-state index in [9.17, 15) is 9.59 Å². The normalized spacial score (nSPS) is 8.29. The van der Waals surface area contributed by atoms with Crippen LogP contribution >= 0.6 is 0 Å². The van der Waals surface area contributed by atoms with Gasteiger partial charge in [0.25, 0.3) is 5.97 Å². The molecule has 0 aliphatic heterocycles. The highest BCUT2D eigenvalue weighted by Crippen LogP contribution is 1.91. The SMILES string of the molecule is C=CCCC(=O)O.CC(=O)O.CCOC(=O)c1ncc[nH]1. The Hall–Kier alpha value is -2.64. The number of aromatic nitrogens is 2. The third-order valence-electron chi connectivity index (χ3n) is 1.53. The van der Waals surface area contributed by atoms with Gasteiger partial charge in [0.2, 0.25) is 5.82 Å². The van der Waals surface area contributed by atoms with E-state index in [2.05, 4.69) is 21.3 Å². The summed E-state index contributed by atoms with van der Waals surface area (Å²) in [6.45, 7) is 6.58. The number of hydrogen-bond acceptors (Lipinski definition) is 5. The predicted octanol–water partition coefficient (Wildman–Crippen LogP) is 1.71. The zero-order chi connectivity index (χ0) is 16.7. The summed E-state index contributed by atoms with van der Waals surface area (Å²) in [5.41, 5.74) is 0. The Bertz CT molecular complexity index is 424. The fraction of sp³-hybridized carbons (Fsp3) is 0.385. The Morgan fingerprint density at radius 2 is 2.00 bits per heavy atom. The number of carboxylic acids is 2. The van der Waals surface area contributed by atoms with Crippen molar-refractivity contribution in [2.24, 2.45) is 0 Å². The minimum Gasteiger partial charge on any atom is -0.481 e. The van der Waals surface area contributed by atoms with Crippen LogP contribution in [0.3, 0.4) is 0 Å². The number of nitrogens with one attached hydrogen (secondary N) is 1. The molecule has 8 nitrogen and oxygen atoms in total. The first-order valence-corrected chi connectivity index (χ1v) is 6.03. The predicted molar refractivity (Wildman–Crippen MR) is 74.9 cm³/mol. The Kier molecular flexibility index (Phi) is 13.6. The summed E-state index contributed by atoms with van der Waals surface area (Å²) in [5, 5.41) is 15.4. The lowest BCUT2D eigenvalue weighted by atomic mass is 10.3. The largest absolute Gasteiger partial charge is 0.481 e. The van der Waals surface area contributed by atoms with Gasteiger partial charge in [0.1, 0.15) is 0 Å². The van der Waals surface area contributed by atoms with Crippen LogP contribution in [-0.2, 0) is 14.3 Å². The van der Waals surface area contributed by atoms with Gasteiger partial charge in [-0.15, -0.1) is 6.58 Å².